The molecule has 0 amide bonds. The largest absolute Gasteiger partial charge is 0.369 e. The molecular formula is C11H18O. The summed E-state index contributed by atoms with van der Waals surface area (Å²) in [6, 6.07) is 0. The second-order valence-corrected chi connectivity index (χ2v) is 4.85. The van der Waals surface area contributed by atoms with Gasteiger partial charge < -0.3 is 4.74 Å². The van der Waals surface area contributed by atoms with Gasteiger partial charge in [0.2, 0.25) is 0 Å². The van der Waals surface area contributed by atoms with E-state index in [-0.39, 0.29) is 0 Å². The lowest BCUT2D eigenvalue weighted by Gasteiger charge is -2.33. The van der Waals surface area contributed by atoms with Crippen LogP contribution in [0.5, 0.6) is 0 Å². The van der Waals surface area contributed by atoms with E-state index in [1.54, 1.807) is 0 Å². The number of hydrogen-bond acceptors (Lipinski definition) is 1. The zero-order valence-corrected chi connectivity index (χ0v) is 7.72. The van der Waals surface area contributed by atoms with Gasteiger partial charge in [-0.15, -0.1) is 0 Å². The van der Waals surface area contributed by atoms with Crippen LogP contribution in [0, 0.1) is 11.8 Å². The van der Waals surface area contributed by atoms with Gasteiger partial charge in [0.05, 0.1) is 12.2 Å². The van der Waals surface area contributed by atoms with Crippen molar-refractivity contribution in [2.45, 2.75) is 50.5 Å². The summed E-state index contributed by atoms with van der Waals surface area (Å²) in [5.41, 5.74) is 0.425. The summed E-state index contributed by atoms with van der Waals surface area (Å²) < 4.78 is 5.78. The van der Waals surface area contributed by atoms with Crippen molar-refractivity contribution >= 4 is 0 Å². The lowest BCUT2D eigenvalue weighted by Crippen LogP contribution is -2.35. The van der Waals surface area contributed by atoms with Gasteiger partial charge in [0.25, 0.3) is 0 Å². The van der Waals surface area contributed by atoms with Crippen molar-refractivity contribution in [2.75, 3.05) is 6.61 Å². The van der Waals surface area contributed by atoms with Gasteiger partial charge in [0.15, 0.2) is 0 Å². The van der Waals surface area contributed by atoms with E-state index < -0.39 is 0 Å². The van der Waals surface area contributed by atoms with Gasteiger partial charge in [-0.2, -0.15) is 0 Å². The molecule has 3 aliphatic rings. The van der Waals surface area contributed by atoms with Crippen molar-refractivity contribution in [1.29, 1.82) is 0 Å². The lowest BCUT2D eigenvalue weighted by molar-refractivity contribution is 0.0965. The Morgan fingerprint density at radius 2 is 1.33 bits per heavy atom. The summed E-state index contributed by atoms with van der Waals surface area (Å²) in [7, 11) is 0. The van der Waals surface area contributed by atoms with E-state index in [9.17, 15) is 0 Å². The number of ether oxygens (including phenoxy) is 1. The molecule has 2 aliphatic carbocycles. The molecule has 1 heteroatoms. The van der Waals surface area contributed by atoms with Crippen LogP contribution in [-0.2, 0) is 4.74 Å². The zero-order valence-electron chi connectivity index (χ0n) is 7.72. The monoisotopic (exact) mass is 166 g/mol. The van der Waals surface area contributed by atoms with Crippen LogP contribution in [-0.4, -0.2) is 12.2 Å². The first-order valence-corrected chi connectivity index (χ1v) is 5.56. The molecule has 0 aromatic rings. The maximum Gasteiger partial charge on any atom is 0.0972 e. The van der Waals surface area contributed by atoms with E-state index in [0.29, 0.717) is 5.60 Å². The molecule has 2 atom stereocenters. The summed E-state index contributed by atoms with van der Waals surface area (Å²) in [6.45, 7) is 1.10. The zero-order chi connectivity index (χ0) is 8.02. The molecule has 2 saturated carbocycles. The van der Waals surface area contributed by atoms with Gasteiger partial charge in [-0.05, 0) is 37.5 Å². The SMILES string of the molecule is C1CCC2CCCC(C1)C21CO1. The van der Waals surface area contributed by atoms with Crippen LogP contribution in [0.15, 0.2) is 0 Å². The molecule has 1 nitrogen and oxygen atoms in total. The van der Waals surface area contributed by atoms with E-state index in [4.69, 9.17) is 4.74 Å². The Kier molecular flexibility index (Phi) is 1.52. The van der Waals surface area contributed by atoms with E-state index in [0.717, 1.165) is 18.4 Å². The van der Waals surface area contributed by atoms with Crippen LogP contribution in [0.3, 0.4) is 0 Å². The Morgan fingerprint density at radius 1 is 0.833 bits per heavy atom. The van der Waals surface area contributed by atoms with Crippen molar-refractivity contribution in [1.82, 2.24) is 0 Å². The fourth-order valence-electron chi connectivity index (χ4n) is 3.55. The predicted octanol–water partition coefficient (Wildman–Crippen LogP) is 2.75. The lowest BCUT2D eigenvalue weighted by atomic mass is 9.71. The Hall–Kier alpha value is -0.0400. The van der Waals surface area contributed by atoms with E-state index >= 15 is 0 Å². The molecule has 0 N–H and O–H groups in total. The third-order valence-electron chi connectivity index (χ3n) is 4.32. The minimum Gasteiger partial charge on any atom is -0.369 e. The quantitative estimate of drug-likeness (QED) is 0.504. The third-order valence-corrected chi connectivity index (χ3v) is 4.32. The molecule has 2 bridgehead atoms. The predicted molar refractivity (Wildman–Crippen MR) is 48.0 cm³/mol. The normalized spacial score (nSPS) is 52.0. The topological polar surface area (TPSA) is 12.5 Å². The Bertz CT molecular complexity index is 167. The second kappa shape index (κ2) is 2.47. The molecule has 68 valence electrons. The van der Waals surface area contributed by atoms with E-state index in [1.807, 2.05) is 0 Å². The second-order valence-electron chi connectivity index (χ2n) is 4.85. The first-order valence-electron chi connectivity index (χ1n) is 5.56. The Labute approximate surface area is 74.5 Å². The smallest absolute Gasteiger partial charge is 0.0972 e. The molecule has 1 heterocycles. The van der Waals surface area contributed by atoms with Gasteiger partial charge in [-0.3, -0.25) is 0 Å². The molecule has 12 heavy (non-hydrogen) atoms. The van der Waals surface area contributed by atoms with Crippen LogP contribution >= 0.6 is 0 Å². The first kappa shape index (κ1) is 7.37. The van der Waals surface area contributed by atoms with Crippen molar-refractivity contribution < 1.29 is 4.74 Å². The van der Waals surface area contributed by atoms with Gasteiger partial charge in [-0.25, -0.2) is 0 Å². The highest BCUT2D eigenvalue weighted by molar-refractivity contribution is 5.06. The van der Waals surface area contributed by atoms with Crippen molar-refractivity contribution in [2.24, 2.45) is 11.8 Å². The van der Waals surface area contributed by atoms with Crippen LogP contribution in [0.25, 0.3) is 0 Å². The van der Waals surface area contributed by atoms with Gasteiger partial charge in [0.1, 0.15) is 0 Å². The van der Waals surface area contributed by atoms with Gasteiger partial charge >= 0.3 is 0 Å². The molecular weight excluding hydrogens is 148 g/mol. The van der Waals surface area contributed by atoms with Crippen molar-refractivity contribution in [3.63, 3.8) is 0 Å². The highest BCUT2D eigenvalue weighted by Gasteiger charge is 2.58. The van der Waals surface area contributed by atoms with E-state index in [1.165, 1.54) is 44.9 Å². The Morgan fingerprint density at radius 3 is 1.83 bits per heavy atom. The first-order chi connectivity index (χ1) is 5.92. The maximum absolute atomic E-state index is 5.78. The molecule has 1 spiro atoms. The van der Waals surface area contributed by atoms with Crippen molar-refractivity contribution in [3.8, 4) is 0 Å². The van der Waals surface area contributed by atoms with Crippen LogP contribution in [0.4, 0.5) is 0 Å². The van der Waals surface area contributed by atoms with Crippen molar-refractivity contribution in [3.05, 3.63) is 0 Å². The average Bonchev–Trinajstić information content (AvgIpc) is 2.86. The fourth-order valence-corrected chi connectivity index (χ4v) is 3.55. The minimum atomic E-state index is 0.425. The molecule has 3 rings (SSSR count). The molecule has 2 unspecified atom stereocenters. The molecule has 3 fully saturated rings. The number of epoxide rings is 1. The van der Waals surface area contributed by atoms with Crippen LogP contribution in [0.1, 0.15) is 44.9 Å². The van der Waals surface area contributed by atoms with Gasteiger partial charge in [0, 0.05) is 0 Å². The standard InChI is InChI=1S/C11H18O/c1-2-5-10-7-3-6-9(4-1)11(10)8-12-11/h9-10H,1-8H2. The highest BCUT2D eigenvalue weighted by Crippen LogP contribution is 2.54. The van der Waals surface area contributed by atoms with Gasteiger partial charge in [-0.1, -0.05) is 19.3 Å². The summed E-state index contributed by atoms with van der Waals surface area (Å²) >= 11 is 0. The van der Waals surface area contributed by atoms with E-state index in [2.05, 4.69) is 0 Å². The summed E-state index contributed by atoms with van der Waals surface area (Å²) in [6.07, 6.45) is 10.2. The Balaban J connectivity index is 1.88. The van der Waals surface area contributed by atoms with Crippen LogP contribution < -0.4 is 0 Å². The summed E-state index contributed by atoms with van der Waals surface area (Å²) in [5.74, 6) is 1.89. The third kappa shape index (κ3) is 0.891. The minimum absolute atomic E-state index is 0.425. The highest BCUT2D eigenvalue weighted by atomic mass is 16.6. The molecule has 0 aromatic carbocycles. The molecule has 0 aromatic heterocycles. The van der Waals surface area contributed by atoms with Crippen LogP contribution in [0.2, 0.25) is 0 Å². The summed E-state index contributed by atoms with van der Waals surface area (Å²) in [4.78, 5) is 0. The molecule has 1 saturated heterocycles. The maximum atomic E-state index is 5.78. The number of hydrogen-bond donors (Lipinski definition) is 0. The fraction of sp³-hybridized carbons (Fsp3) is 1.00. The molecule has 0 radical (unpaired) electrons. The summed E-state index contributed by atoms with van der Waals surface area (Å²) in [5, 5.41) is 0. The average molecular weight is 166 g/mol. The molecule has 1 aliphatic heterocycles. The number of rotatable bonds is 0.